The van der Waals surface area contributed by atoms with Crippen LogP contribution in [0.4, 0.5) is 0 Å². The Labute approximate surface area is 79.4 Å². The van der Waals surface area contributed by atoms with Crippen LogP contribution in [0.5, 0.6) is 0 Å². The Kier molecular flexibility index (Phi) is 1.86. The summed E-state index contributed by atoms with van der Waals surface area (Å²) in [5.41, 5.74) is 1.72. The number of nitrogens with zero attached hydrogens (tertiary/aromatic N) is 2. The van der Waals surface area contributed by atoms with Crippen molar-refractivity contribution in [2.24, 2.45) is 0 Å². The van der Waals surface area contributed by atoms with E-state index in [4.69, 9.17) is 5.26 Å². The van der Waals surface area contributed by atoms with Crippen molar-refractivity contribution >= 4 is 15.9 Å². The van der Waals surface area contributed by atoms with Crippen LogP contribution >= 0.6 is 15.9 Å². The van der Waals surface area contributed by atoms with Gasteiger partial charge < -0.3 is 0 Å². The fourth-order valence-corrected chi connectivity index (χ4v) is 1.56. The highest BCUT2D eigenvalue weighted by Crippen LogP contribution is 2.39. The molecule has 1 saturated carbocycles. The van der Waals surface area contributed by atoms with Crippen LogP contribution in [0.1, 0.15) is 30.0 Å². The number of halogens is 1. The minimum Gasteiger partial charge on any atom is -0.244 e. The lowest BCUT2D eigenvalue weighted by Gasteiger charge is -1.98. The number of hydrogen-bond donors (Lipinski definition) is 0. The van der Waals surface area contributed by atoms with Gasteiger partial charge in [0.05, 0.1) is 5.56 Å². The van der Waals surface area contributed by atoms with E-state index in [0.29, 0.717) is 16.1 Å². The summed E-state index contributed by atoms with van der Waals surface area (Å²) < 4.78 is 0.675. The molecule has 1 aromatic heterocycles. The highest BCUT2D eigenvalue weighted by atomic mass is 79.9. The summed E-state index contributed by atoms with van der Waals surface area (Å²) in [5.74, 6) is 0.647. The summed E-state index contributed by atoms with van der Waals surface area (Å²) in [7, 11) is 0. The Hall–Kier alpha value is -0.880. The maximum atomic E-state index is 8.64. The molecule has 0 bridgehead atoms. The molecular formula is C9H7BrN2. The second kappa shape index (κ2) is 2.87. The first kappa shape index (κ1) is 7.75. The van der Waals surface area contributed by atoms with Gasteiger partial charge in [-0.1, -0.05) is 0 Å². The van der Waals surface area contributed by atoms with Crippen LogP contribution in [-0.4, -0.2) is 4.98 Å². The molecule has 12 heavy (non-hydrogen) atoms. The summed E-state index contributed by atoms with van der Waals surface area (Å²) in [5, 5.41) is 8.64. The van der Waals surface area contributed by atoms with Crippen molar-refractivity contribution in [1.29, 1.82) is 5.26 Å². The summed E-state index contributed by atoms with van der Waals surface area (Å²) in [6, 6.07) is 5.84. The van der Waals surface area contributed by atoms with Crippen molar-refractivity contribution in [2.75, 3.05) is 0 Å². The summed E-state index contributed by atoms with van der Waals surface area (Å²) in [6.45, 7) is 0. The average Bonchev–Trinajstić information content (AvgIpc) is 2.86. The molecule has 1 aromatic rings. The molecule has 1 heterocycles. The molecule has 0 amide bonds. The van der Waals surface area contributed by atoms with Gasteiger partial charge in [0, 0.05) is 11.6 Å². The van der Waals surface area contributed by atoms with Gasteiger partial charge >= 0.3 is 0 Å². The molecule has 0 aromatic carbocycles. The fourth-order valence-electron chi connectivity index (χ4n) is 1.14. The van der Waals surface area contributed by atoms with Gasteiger partial charge in [-0.2, -0.15) is 5.26 Å². The zero-order valence-corrected chi connectivity index (χ0v) is 8.00. The van der Waals surface area contributed by atoms with E-state index in [0.717, 1.165) is 5.69 Å². The molecule has 0 N–H and O–H groups in total. The van der Waals surface area contributed by atoms with Crippen LogP contribution in [0, 0.1) is 11.3 Å². The van der Waals surface area contributed by atoms with E-state index in [9.17, 15) is 0 Å². The average molecular weight is 223 g/mol. The molecule has 0 spiro atoms. The smallest absolute Gasteiger partial charge is 0.124 e. The van der Waals surface area contributed by atoms with Gasteiger partial charge in [0.25, 0.3) is 0 Å². The van der Waals surface area contributed by atoms with Crippen molar-refractivity contribution in [3.63, 3.8) is 0 Å². The minimum atomic E-state index is 0.611. The molecule has 0 atom stereocenters. The molecule has 3 heteroatoms. The minimum absolute atomic E-state index is 0.611. The second-order valence-electron chi connectivity index (χ2n) is 2.96. The molecule has 1 aliphatic rings. The Morgan fingerprint density at radius 1 is 1.50 bits per heavy atom. The normalized spacial score (nSPS) is 15.7. The summed E-state index contributed by atoms with van der Waals surface area (Å²) >= 11 is 3.27. The Bertz CT molecular complexity index is 350. The molecule has 0 saturated heterocycles. The number of rotatable bonds is 1. The molecule has 60 valence electrons. The summed E-state index contributed by atoms with van der Waals surface area (Å²) in [4.78, 5) is 4.30. The molecule has 0 radical (unpaired) electrons. The van der Waals surface area contributed by atoms with Crippen molar-refractivity contribution in [3.05, 3.63) is 28.0 Å². The van der Waals surface area contributed by atoms with E-state index in [1.165, 1.54) is 12.8 Å². The van der Waals surface area contributed by atoms with Crippen LogP contribution in [0.25, 0.3) is 0 Å². The van der Waals surface area contributed by atoms with Crippen molar-refractivity contribution in [1.82, 2.24) is 4.98 Å². The van der Waals surface area contributed by atoms with E-state index < -0.39 is 0 Å². The first-order chi connectivity index (χ1) is 5.81. The first-order valence-corrected chi connectivity index (χ1v) is 4.67. The fraction of sp³-hybridized carbons (Fsp3) is 0.333. The lowest BCUT2D eigenvalue weighted by atomic mass is 10.2. The molecule has 0 unspecified atom stereocenters. The first-order valence-electron chi connectivity index (χ1n) is 3.88. The monoisotopic (exact) mass is 222 g/mol. The third kappa shape index (κ3) is 1.35. The van der Waals surface area contributed by atoms with E-state index in [1.54, 1.807) is 0 Å². The molecule has 1 fully saturated rings. The van der Waals surface area contributed by atoms with Crippen molar-refractivity contribution in [2.45, 2.75) is 18.8 Å². The van der Waals surface area contributed by atoms with Crippen LogP contribution in [0.15, 0.2) is 16.7 Å². The number of aromatic nitrogens is 1. The SMILES string of the molecule is N#Cc1ccc(C2CC2)nc1Br. The zero-order chi connectivity index (χ0) is 8.55. The topological polar surface area (TPSA) is 36.7 Å². The van der Waals surface area contributed by atoms with E-state index in [-0.39, 0.29) is 0 Å². The van der Waals surface area contributed by atoms with Crippen LogP contribution in [-0.2, 0) is 0 Å². The third-order valence-electron chi connectivity index (χ3n) is 1.99. The highest BCUT2D eigenvalue weighted by molar-refractivity contribution is 9.10. The number of hydrogen-bond acceptors (Lipinski definition) is 2. The maximum Gasteiger partial charge on any atom is 0.124 e. The maximum absolute atomic E-state index is 8.64. The third-order valence-corrected chi connectivity index (χ3v) is 2.59. The quantitative estimate of drug-likeness (QED) is 0.686. The number of pyridine rings is 1. The van der Waals surface area contributed by atoms with Gasteiger partial charge in [0.15, 0.2) is 0 Å². The van der Waals surface area contributed by atoms with E-state index in [2.05, 4.69) is 27.0 Å². The van der Waals surface area contributed by atoms with Crippen LogP contribution in [0.3, 0.4) is 0 Å². The Morgan fingerprint density at radius 3 is 2.75 bits per heavy atom. The predicted octanol–water partition coefficient (Wildman–Crippen LogP) is 2.59. The van der Waals surface area contributed by atoms with Gasteiger partial charge in [0.2, 0.25) is 0 Å². The lowest BCUT2D eigenvalue weighted by Crippen LogP contribution is -1.89. The van der Waals surface area contributed by atoms with Crippen molar-refractivity contribution in [3.8, 4) is 6.07 Å². The van der Waals surface area contributed by atoms with E-state index in [1.807, 2.05) is 12.1 Å². The van der Waals surface area contributed by atoms with Gasteiger partial charge in [-0.05, 0) is 40.9 Å². The molecule has 1 aliphatic carbocycles. The summed E-state index contributed by atoms with van der Waals surface area (Å²) in [6.07, 6.45) is 2.48. The Morgan fingerprint density at radius 2 is 2.25 bits per heavy atom. The zero-order valence-electron chi connectivity index (χ0n) is 6.42. The van der Waals surface area contributed by atoms with Gasteiger partial charge in [-0.3, -0.25) is 0 Å². The molecule has 2 rings (SSSR count). The molecule has 0 aliphatic heterocycles. The van der Waals surface area contributed by atoms with Crippen LogP contribution in [0.2, 0.25) is 0 Å². The lowest BCUT2D eigenvalue weighted by molar-refractivity contribution is 1.01. The standard InChI is InChI=1S/C9H7BrN2/c10-9-7(5-11)3-4-8(12-9)6-1-2-6/h3-4,6H,1-2H2. The largest absolute Gasteiger partial charge is 0.244 e. The van der Waals surface area contributed by atoms with Crippen LogP contribution < -0.4 is 0 Å². The van der Waals surface area contributed by atoms with E-state index >= 15 is 0 Å². The van der Waals surface area contributed by atoms with Gasteiger partial charge in [0.1, 0.15) is 10.7 Å². The van der Waals surface area contributed by atoms with Gasteiger partial charge in [-0.25, -0.2) is 4.98 Å². The number of nitriles is 1. The Balaban J connectivity index is 2.38. The van der Waals surface area contributed by atoms with Crippen molar-refractivity contribution < 1.29 is 0 Å². The predicted molar refractivity (Wildman–Crippen MR) is 48.6 cm³/mol. The second-order valence-corrected chi connectivity index (χ2v) is 3.71. The molecule has 2 nitrogen and oxygen atoms in total. The highest BCUT2D eigenvalue weighted by Gasteiger charge is 2.25. The molecular weight excluding hydrogens is 216 g/mol. The van der Waals surface area contributed by atoms with Gasteiger partial charge in [-0.15, -0.1) is 0 Å².